The highest BCUT2D eigenvalue weighted by Gasteiger charge is 2.06. The van der Waals surface area contributed by atoms with Crippen LogP contribution in [0, 0.1) is 10.1 Å². The van der Waals surface area contributed by atoms with E-state index in [-0.39, 0.29) is 11.5 Å². The lowest BCUT2D eigenvalue weighted by atomic mass is 10.4. The molecule has 1 aromatic rings. The first-order valence-corrected chi connectivity index (χ1v) is 3.59. The van der Waals surface area contributed by atoms with Crippen LogP contribution >= 0.6 is 0 Å². The van der Waals surface area contributed by atoms with Gasteiger partial charge in [0, 0.05) is 6.07 Å². The number of hydrogen-bond donors (Lipinski definition) is 1. The third-order valence-corrected chi connectivity index (χ3v) is 1.35. The summed E-state index contributed by atoms with van der Waals surface area (Å²) in [5, 5.41) is 12.3. The minimum atomic E-state index is -1.15. The molecule has 0 aliphatic carbocycles. The molecule has 6 nitrogen and oxygen atoms in total. The second-order valence-electron chi connectivity index (χ2n) is 2.34. The van der Waals surface area contributed by atoms with E-state index in [0.29, 0.717) is 0 Å². The standard InChI is InChI=1S/C7H6FN3O3/c8-3-7(12)10-6-2-1-5(4-9-6)11(13)14/h1-2,4H,3H2,(H,9,10,12). The number of pyridine rings is 1. The molecule has 0 bridgehead atoms. The molecular formula is C7H6FN3O3. The minimum absolute atomic E-state index is 0.0817. The van der Waals surface area contributed by atoms with Gasteiger partial charge in [0.05, 0.1) is 4.92 Å². The normalized spacial score (nSPS) is 9.50. The Bertz CT molecular complexity index is 352. The third-order valence-electron chi connectivity index (χ3n) is 1.35. The van der Waals surface area contributed by atoms with Crippen molar-refractivity contribution in [3.05, 3.63) is 28.4 Å². The van der Waals surface area contributed by atoms with Gasteiger partial charge in [-0.25, -0.2) is 9.37 Å². The van der Waals surface area contributed by atoms with Crippen molar-refractivity contribution in [1.29, 1.82) is 0 Å². The van der Waals surface area contributed by atoms with Gasteiger partial charge >= 0.3 is 0 Å². The first kappa shape index (κ1) is 10.0. The fraction of sp³-hybridized carbons (Fsp3) is 0.143. The molecule has 0 aliphatic heterocycles. The smallest absolute Gasteiger partial charge is 0.287 e. The van der Waals surface area contributed by atoms with Gasteiger partial charge in [0.25, 0.3) is 11.6 Å². The maximum absolute atomic E-state index is 11.7. The maximum atomic E-state index is 11.7. The highest BCUT2D eigenvalue weighted by Crippen LogP contribution is 2.11. The number of nitro groups is 1. The van der Waals surface area contributed by atoms with E-state index in [1.165, 1.54) is 12.1 Å². The lowest BCUT2D eigenvalue weighted by Gasteiger charge is -1.99. The molecular weight excluding hydrogens is 193 g/mol. The number of amides is 1. The van der Waals surface area contributed by atoms with Crippen LogP contribution in [0.2, 0.25) is 0 Å². The Labute approximate surface area is 77.9 Å². The topological polar surface area (TPSA) is 85.1 Å². The molecule has 0 fully saturated rings. The van der Waals surface area contributed by atoms with E-state index < -0.39 is 17.5 Å². The van der Waals surface area contributed by atoms with Crippen molar-refractivity contribution in [3.8, 4) is 0 Å². The summed E-state index contributed by atoms with van der Waals surface area (Å²) in [6.45, 7) is -1.15. The molecule has 1 rings (SSSR count). The Morgan fingerprint density at radius 2 is 2.36 bits per heavy atom. The number of carbonyl (C=O) groups is 1. The van der Waals surface area contributed by atoms with Gasteiger partial charge in [-0.3, -0.25) is 14.9 Å². The average molecular weight is 199 g/mol. The van der Waals surface area contributed by atoms with Crippen molar-refractivity contribution in [2.45, 2.75) is 0 Å². The van der Waals surface area contributed by atoms with Crippen molar-refractivity contribution < 1.29 is 14.1 Å². The molecule has 1 N–H and O–H groups in total. The van der Waals surface area contributed by atoms with Crippen LogP contribution in [0.4, 0.5) is 15.9 Å². The van der Waals surface area contributed by atoms with Gasteiger partial charge < -0.3 is 5.32 Å². The summed E-state index contributed by atoms with van der Waals surface area (Å²) in [6.07, 6.45) is 0.980. The quantitative estimate of drug-likeness (QED) is 0.578. The van der Waals surface area contributed by atoms with Gasteiger partial charge in [-0.15, -0.1) is 0 Å². The fourth-order valence-corrected chi connectivity index (χ4v) is 0.744. The highest BCUT2D eigenvalue weighted by molar-refractivity contribution is 5.90. The molecule has 0 aliphatic rings. The van der Waals surface area contributed by atoms with Crippen LogP contribution in [0.5, 0.6) is 0 Å². The lowest BCUT2D eigenvalue weighted by Crippen LogP contribution is -2.13. The first-order valence-electron chi connectivity index (χ1n) is 3.59. The maximum Gasteiger partial charge on any atom is 0.287 e. The van der Waals surface area contributed by atoms with Crippen molar-refractivity contribution >= 4 is 17.4 Å². The Balaban J connectivity index is 2.73. The Morgan fingerprint density at radius 1 is 1.64 bits per heavy atom. The summed E-state index contributed by atoms with van der Waals surface area (Å²) < 4.78 is 11.7. The van der Waals surface area contributed by atoms with Crippen LogP contribution in [0.25, 0.3) is 0 Å². The molecule has 0 radical (unpaired) electrons. The van der Waals surface area contributed by atoms with Gasteiger partial charge in [-0.2, -0.15) is 0 Å². The molecule has 0 atom stereocenters. The number of nitrogens with one attached hydrogen (secondary N) is 1. The zero-order chi connectivity index (χ0) is 10.6. The Morgan fingerprint density at radius 3 is 2.79 bits per heavy atom. The van der Waals surface area contributed by atoms with Crippen molar-refractivity contribution in [1.82, 2.24) is 4.98 Å². The molecule has 0 saturated heterocycles. The number of carbonyl (C=O) groups excluding carboxylic acids is 1. The lowest BCUT2D eigenvalue weighted by molar-refractivity contribution is -0.385. The van der Waals surface area contributed by atoms with E-state index in [9.17, 15) is 19.3 Å². The van der Waals surface area contributed by atoms with Gasteiger partial charge in [-0.05, 0) is 6.07 Å². The Hall–Kier alpha value is -2.05. The van der Waals surface area contributed by atoms with Crippen molar-refractivity contribution in [2.24, 2.45) is 0 Å². The van der Waals surface area contributed by atoms with Gasteiger partial charge in [0.2, 0.25) is 0 Å². The number of aromatic nitrogens is 1. The van der Waals surface area contributed by atoms with E-state index >= 15 is 0 Å². The average Bonchev–Trinajstić information content (AvgIpc) is 2.18. The summed E-state index contributed by atoms with van der Waals surface area (Å²) in [5.41, 5.74) is -0.191. The summed E-state index contributed by atoms with van der Waals surface area (Å²) in [6, 6.07) is 2.40. The number of halogens is 1. The second kappa shape index (κ2) is 4.26. The van der Waals surface area contributed by atoms with Gasteiger partial charge in [-0.1, -0.05) is 0 Å². The van der Waals surface area contributed by atoms with E-state index in [1.807, 2.05) is 0 Å². The van der Waals surface area contributed by atoms with Crippen LogP contribution in [0.1, 0.15) is 0 Å². The van der Waals surface area contributed by atoms with Crippen LogP contribution in [-0.4, -0.2) is 22.5 Å². The number of nitrogens with zero attached hydrogens (tertiary/aromatic N) is 2. The van der Waals surface area contributed by atoms with E-state index in [0.717, 1.165) is 6.20 Å². The predicted octanol–water partition coefficient (Wildman–Crippen LogP) is 0.898. The zero-order valence-electron chi connectivity index (χ0n) is 6.94. The molecule has 74 valence electrons. The minimum Gasteiger partial charge on any atom is -0.308 e. The molecule has 14 heavy (non-hydrogen) atoms. The summed E-state index contributed by atoms with van der Waals surface area (Å²) in [7, 11) is 0. The molecule has 1 heterocycles. The molecule has 1 aromatic heterocycles. The SMILES string of the molecule is O=C(CF)Nc1ccc([N+](=O)[O-])cn1. The number of hydrogen-bond acceptors (Lipinski definition) is 4. The van der Waals surface area contributed by atoms with Crippen LogP contribution in [-0.2, 0) is 4.79 Å². The molecule has 1 amide bonds. The number of alkyl halides is 1. The van der Waals surface area contributed by atoms with Gasteiger partial charge in [0.15, 0.2) is 6.67 Å². The Kier molecular flexibility index (Phi) is 3.05. The van der Waals surface area contributed by atoms with Crippen LogP contribution in [0.15, 0.2) is 18.3 Å². The summed E-state index contributed by atoms with van der Waals surface area (Å²) in [4.78, 5) is 23.7. The van der Waals surface area contributed by atoms with Crippen LogP contribution < -0.4 is 5.32 Å². The fourth-order valence-electron chi connectivity index (χ4n) is 0.744. The second-order valence-corrected chi connectivity index (χ2v) is 2.34. The molecule has 0 spiro atoms. The highest BCUT2D eigenvalue weighted by atomic mass is 19.1. The van der Waals surface area contributed by atoms with Crippen molar-refractivity contribution in [2.75, 3.05) is 12.0 Å². The van der Waals surface area contributed by atoms with E-state index in [1.54, 1.807) is 0 Å². The monoisotopic (exact) mass is 199 g/mol. The summed E-state index contributed by atoms with van der Waals surface area (Å²) >= 11 is 0. The molecule has 7 heteroatoms. The van der Waals surface area contributed by atoms with Gasteiger partial charge in [0.1, 0.15) is 12.0 Å². The summed E-state index contributed by atoms with van der Waals surface area (Å²) in [5.74, 6) is -0.760. The first-order chi connectivity index (χ1) is 6.63. The number of anilines is 1. The number of rotatable bonds is 3. The van der Waals surface area contributed by atoms with E-state index in [2.05, 4.69) is 10.3 Å². The molecule has 0 saturated carbocycles. The third kappa shape index (κ3) is 2.47. The van der Waals surface area contributed by atoms with Crippen molar-refractivity contribution in [3.63, 3.8) is 0 Å². The largest absolute Gasteiger partial charge is 0.308 e. The predicted molar refractivity (Wildman–Crippen MR) is 45.5 cm³/mol. The molecule has 0 unspecified atom stereocenters. The molecule has 0 aromatic carbocycles. The van der Waals surface area contributed by atoms with Crippen LogP contribution in [0.3, 0.4) is 0 Å². The van der Waals surface area contributed by atoms with E-state index in [4.69, 9.17) is 0 Å². The zero-order valence-corrected chi connectivity index (χ0v) is 6.94.